The van der Waals surface area contributed by atoms with E-state index in [2.05, 4.69) is 23.8 Å². The fraction of sp³-hybridized carbons (Fsp3) is 0.227. The highest BCUT2D eigenvalue weighted by Gasteiger charge is 2.16. The van der Waals surface area contributed by atoms with Gasteiger partial charge >= 0.3 is 0 Å². The normalized spacial score (nSPS) is 11.1. The van der Waals surface area contributed by atoms with Gasteiger partial charge in [0.15, 0.2) is 0 Å². The Bertz CT molecular complexity index is 990. The van der Waals surface area contributed by atoms with Crippen LogP contribution in [0.15, 0.2) is 42.6 Å². The van der Waals surface area contributed by atoms with E-state index in [9.17, 15) is 0 Å². The second kappa shape index (κ2) is 9.13. The molecular weight excluding hydrogens is 415 g/mol. The number of pyridine rings is 2. The molecule has 0 unspecified atom stereocenters. The Labute approximate surface area is 180 Å². The summed E-state index contributed by atoms with van der Waals surface area (Å²) in [6.07, 6.45) is 3.49. The molecule has 0 saturated heterocycles. The third-order valence-electron chi connectivity index (χ3n) is 4.44. The highest BCUT2D eigenvalue weighted by molar-refractivity contribution is 6.43. The van der Waals surface area contributed by atoms with E-state index in [1.807, 2.05) is 30.3 Å². The van der Waals surface area contributed by atoms with Crippen LogP contribution in [0.5, 0.6) is 5.88 Å². The average molecular weight is 435 g/mol. The van der Waals surface area contributed by atoms with Crippen molar-refractivity contribution < 1.29 is 4.74 Å². The van der Waals surface area contributed by atoms with Crippen molar-refractivity contribution in [3.63, 3.8) is 0 Å². The van der Waals surface area contributed by atoms with Gasteiger partial charge in [0, 0.05) is 28.5 Å². The van der Waals surface area contributed by atoms with E-state index in [-0.39, 0.29) is 5.15 Å². The van der Waals surface area contributed by atoms with E-state index in [1.165, 1.54) is 5.92 Å². The molecule has 0 N–H and O–H groups in total. The molecule has 0 bridgehead atoms. The van der Waals surface area contributed by atoms with Crippen LogP contribution in [0.4, 0.5) is 0 Å². The monoisotopic (exact) mass is 433 g/mol. The number of halogens is 3. The summed E-state index contributed by atoms with van der Waals surface area (Å²) in [5, 5.41) is 1.16. The predicted molar refractivity (Wildman–Crippen MR) is 117 cm³/mol. The van der Waals surface area contributed by atoms with Crippen molar-refractivity contribution in [1.29, 1.82) is 0 Å². The molecule has 0 saturated carbocycles. The zero-order valence-electron chi connectivity index (χ0n) is 15.9. The van der Waals surface area contributed by atoms with E-state index in [0.717, 1.165) is 40.8 Å². The fourth-order valence-electron chi connectivity index (χ4n) is 2.93. The predicted octanol–water partition coefficient (Wildman–Crippen LogP) is 7.33. The van der Waals surface area contributed by atoms with Gasteiger partial charge in [0.05, 0.1) is 22.8 Å². The van der Waals surface area contributed by atoms with Crippen molar-refractivity contribution in [2.45, 2.75) is 26.7 Å². The second-order valence-electron chi connectivity index (χ2n) is 6.70. The maximum atomic E-state index is 6.73. The molecule has 0 atom stereocenters. The molecule has 1 aromatic carbocycles. The van der Waals surface area contributed by atoms with Gasteiger partial charge in [-0.05, 0) is 30.9 Å². The molecule has 0 aliphatic carbocycles. The number of rotatable bonds is 6. The van der Waals surface area contributed by atoms with Crippen LogP contribution < -0.4 is 4.74 Å². The van der Waals surface area contributed by atoms with Gasteiger partial charge in [-0.15, -0.1) is 0 Å². The largest absolute Gasteiger partial charge is 0.481 e. The van der Waals surface area contributed by atoms with Crippen molar-refractivity contribution >= 4 is 34.8 Å². The molecule has 0 fully saturated rings. The van der Waals surface area contributed by atoms with Crippen LogP contribution in [-0.2, 0) is 6.42 Å². The van der Waals surface area contributed by atoms with Crippen molar-refractivity contribution in [3.05, 3.63) is 69.3 Å². The summed E-state index contributed by atoms with van der Waals surface area (Å²) < 4.78 is 5.52. The van der Waals surface area contributed by atoms with Gasteiger partial charge in [0.2, 0.25) is 5.88 Å². The van der Waals surface area contributed by atoms with E-state index in [4.69, 9.17) is 39.5 Å². The molecule has 28 heavy (non-hydrogen) atoms. The lowest BCUT2D eigenvalue weighted by atomic mass is 10.0. The molecule has 3 nitrogen and oxygen atoms in total. The zero-order valence-corrected chi connectivity index (χ0v) is 18.2. The minimum Gasteiger partial charge on any atom is -0.481 e. The Morgan fingerprint density at radius 1 is 0.929 bits per heavy atom. The third kappa shape index (κ3) is 4.43. The van der Waals surface area contributed by atoms with Crippen molar-refractivity contribution in [2.75, 3.05) is 7.11 Å². The van der Waals surface area contributed by atoms with Crippen LogP contribution in [-0.4, -0.2) is 17.1 Å². The lowest BCUT2D eigenvalue weighted by molar-refractivity contribution is 0.392. The van der Waals surface area contributed by atoms with Crippen molar-refractivity contribution in [1.82, 2.24) is 9.97 Å². The molecule has 3 aromatic rings. The Kier molecular flexibility index (Phi) is 6.82. The SMILES string of the molecule is COc1nc(-c2cccc(-c3ccnc(Cl)c3Cl)c2Cl)ccc1CC[C](C)C. The minimum absolute atomic E-state index is 0.243. The molecule has 0 spiro atoms. The minimum atomic E-state index is 0.243. The third-order valence-corrected chi connectivity index (χ3v) is 5.61. The summed E-state index contributed by atoms with van der Waals surface area (Å²) in [6, 6.07) is 11.5. The van der Waals surface area contributed by atoms with Crippen LogP contribution in [0.3, 0.4) is 0 Å². The van der Waals surface area contributed by atoms with Gasteiger partial charge in [-0.1, -0.05) is 72.9 Å². The first-order valence-electron chi connectivity index (χ1n) is 8.84. The first-order valence-corrected chi connectivity index (χ1v) is 9.98. The zero-order chi connectivity index (χ0) is 20.3. The average Bonchev–Trinajstić information content (AvgIpc) is 2.69. The highest BCUT2D eigenvalue weighted by Crippen LogP contribution is 2.40. The van der Waals surface area contributed by atoms with Crippen LogP contribution in [0, 0.1) is 5.92 Å². The van der Waals surface area contributed by atoms with E-state index >= 15 is 0 Å². The van der Waals surface area contributed by atoms with Crippen LogP contribution in [0.25, 0.3) is 22.4 Å². The summed E-state index contributed by atoms with van der Waals surface area (Å²) >= 11 is 19.1. The number of ether oxygens (including phenoxy) is 1. The Morgan fingerprint density at radius 2 is 1.64 bits per heavy atom. The molecule has 6 heteroatoms. The topological polar surface area (TPSA) is 35.0 Å². The first kappa shape index (κ1) is 20.9. The highest BCUT2D eigenvalue weighted by atomic mass is 35.5. The van der Waals surface area contributed by atoms with Gasteiger partial charge in [0.25, 0.3) is 0 Å². The van der Waals surface area contributed by atoms with Crippen molar-refractivity contribution in [2.24, 2.45) is 0 Å². The van der Waals surface area contributed by atoms with Gasteiger partial charge in [-0.25, -0.2) is 9.97 Å². The van der Waals surface area contributed by atoms with E-state index in [1.54, 1.807) is 19.4 Å². The number of benzene rings is 1. The van der Waals surface area contributed by atoms with Crippen LogP contribution >= 0.6 is 34.8 Å². The standard InChI is InChI=1S/C22H20Cl3N2O/c1-13(2)7-8-14-9-10-18(27-22(14)28-3)17-6-4-5-15(19(17)23)16-11-12-26-21(25)20(16)24/h4-6,9-12H,7-8H2,1-3H3. The molecule has 2 heterocycles. The molecule has 145 valence electrons. The van der Waals surface area contributed by atoms with Crippen LogP contribution in [0.2, 0.25) is 15.2 Å². The molecular formula is C22H20Cl3N2O. The number of hydrogen-bond acceptors (Lipinski definition) is 3. The van der Waals surface area contributed by atoms with Gasteiger partial charge in [-0.2, -0.15) is 0 Å². The summed E-state index contributed by atoms with van der Waals surface area (Å²) in [7, 11) is 1.63. The smallest absolute Gasteiger partial charge is 0.216 e. The molecule has 0 aliphatic rings. The Hall–Kier alpha value is -1.81. The number of nitrogens with zero attached hydrogens (tertiary/aromatic N) is 2. The molecule has 2 aromatic heterocycles. The maximum absolute atomic E-state index is 6.73. The van der Waals surface area contributed by atoms with Crippen molar-refractivity contribution in [3.8, 4) is 28.3 Å². The lowest BCUT2D eigenvalue weighted by Crippen LogP contribution is -1.99. The van der Waals surface area contributed by atoms with Crippen LogP contribution in [0.1, 0.15) is 25.8 Å². The number of aromatic nitrogens is 2. The van der Waals surface area contributed by atoms with E-state index in [0.29, 0.717) is 15.9 Å². The van der Waals surface area contributed by atoms with E-state index < -0.39 is 0 Å². The number of hydrogen-bond donors (Lipinski definition) is 0. The molecule has 0 amide bonds. The van der Waals surface area contributed by atoms with Gasteiger partial charge in [0.1, 0.15) is 5.15 Å². The summed E-state index contributed by atoms with van der Waals surface area (Å²) in [5.41, 5.74) is 4.11. The second-order valence-corrected chi connectivity index (χ2v) is 7.82. The Morgan fingerprint density at radius 3 is 2.36 bits per heavy atom. The maximum Gasteiger partial charge on any atom is 0.216 e. The number of methoxy groups -OCH3 is 1. The molecule has 1 radical (unpaired) electrons. The summed E-state index contributed by atoms with van der Waals surface area (Å²) in [6.45, 7) is 4.24. The first-order chi connectivity index (χ1) is 13.4. The molecule has 3 rings (SSSR count). The fourth-order valence-corrected chi connectivity index (χ4v) is 3.63. The number of aryl methyl sites for hydroxylation is 1. The summed E-state index contributed by atoms with van der Waals surface area (Å²) in [4.78, 5) is 8.68. The lowest BCUT2D eigenvalue weighted by Gasteiger charge is -2.14. The van der Waals surface area contributed by atoms with Gasteiger partial charge < -0.3 is 4.74 Å². The van der Waals surface area contributed by atoms with Gasteiger partial charge in [-0.3, -0.25) is 0 Å². The molecule has 0 aliphatic heterocycles. The quantitative estimate of drug-likeness (QED) is 0.381. The summed E-state index contributed by atoms with van der Waals surface area (Å²) in [5.74, 6) is 1.99. The Balaban J connectivity index is 2.04.